The first-order valence-corrected chi connectivity index (χ1v) is 9.57. The molecule has 0 saturated heterocycles. The average molecular weight is 423 g/mol. The Morgan fingerprint density at radius 3 is 2.80 bits per heavy atom. The van der Waals surface area contributed by atoms with Gasteiger partial charge >= 0.3 is 0 Å². The third kappa shape index (κ3) is 3.42. The molecule has 0 spiro atoms. The van der Waals surface area contributed by atoms with Gasteiger partial charge in [-0.15, -0.1) is 5.10 Å². The summed E-state index contributed by atoms with van der Waals surface area (Å²) in [4.78, 5) is 0. The predicted octanol–water partition coefficient (Wildman–Crippen LogP) is 4.18. The number of hydrogen-bond acceptors (Lipinski definition) is 6. The Hall–Kier alpha value is -3.63. The molecule has 0 saturated carbocycles. The molecule has 1 atom stereocenters. The normalized spacial score (nSPS) is 15.2. The molecule has 3 N–H and O–H groups in total. The number of nitriles is 1. The molecule has 1 aliphatic rings. The highest BCUT2D eigenvalue weighted by molar-refractivity contribution is 6.32. The topological polar surface area (TPSA) is 106 Å². The Labute approximate surface area is 178 Å². The molecule has 152 valence electrons. The van der Waals surface area contributed by atoms with Crippen molar-refractivity contribution in [3.63, 3.8) is 0 Å². The van der Waals surface area contributed by atoms with Crippen LogP contribution in [0.1, 0.15) is 28.3 Å². The molecular formula is C22H19ClN4O3. The molecule has 0 radical (unpaired) electrons. The number of nitrogens with two attached hydrogens (primary N) is 1. The van der Waals surface area contributed by atoms with E-state index in [4.69, 9.17) is 31.5 Å². The number of nitrogens with zero attached hydrogens (tertiary/aromatic N) is 2. The number of para-hydroxylation sites is 1. The Morgan fingerprint density at radius 1 is 1.27 bits per heavy atom. The summed E-state index contributed by atoms with van der Waals surface area (Å²) in [6.07, 6.45) is 0. The van der Waals surface area contributed by atoms with Gasteiger partial charge in [0, 0.05) is 16.8 Å². The number of methoxy groups -OCH3 is 1. The van der Waals surface area contributed by atoms with Crippen LogP contribution >= 0.6 is 11.6 Å². The number of hydrogen-bond donors (Lipinski definition) is 2. The Kier molecular flexibility index (Phi) is 5.25. The molecule has 8 heteroatoms. The van der Waals surface area contributed by atoms with Gasteiger partial charge in [-0.05, 0) is 36.8 Å². The Morgan fingerprint density at radius 2 is 2.07 bits per heavy atom. The maximum Gasteiger partial charge on any atom is 0.244 e. The smallest absolute Gasteiger partial charge is 0.244 e. The standard InChI is InChI=1S/C22H19ClN4O3/c1-12-19-20(15(10-24)21(25)30-22(19)27-26-12)13-7-8-17(28-2)14(9-13)11-29-18-6-4-3-5-16(18)23/h3-9,20H,11,25H2,1-2H3,(H,26,27)/t20-/m1/s1. The summed E-state index contributed by atoms with van der Waals surface area (Å²) >= 11 is 6.20. The zero-order valence-corrected chi connectivity index (χ0v) is 17.2. The van der Waals surface area contributed by atoms with Crippen LogP contribution < -0.4 is 19.9 Å². The van der Waals surface area contributed by atoms with Gasteiger partial charge in [0.1, 0.15) is 29.7 Å². The summed E-state index contributed by atoms with van der Waals surface area (Å²) in [5.41, 5.74) is 9.57. The maximum atomic E-state index is 9.74. The zero-order valence-electron chi connectivity index (χ0n) is 16.4. The molecule has 1 aliphatic heterocycles. The number of fused-ring (bicyclic) bond motifs is 1. The van der Waals surface area contributed by atoms with Crippen molar-refractivity contribution in [2.45, 2.75) is 19.4 Å². The van der Waals surface area contributed by atoms with Gasteiger partial charge in [0.15, 0.2) is 0 Å². The number of aromatic nitrogens is 2. The van der Waals surface area contributed by atoms with E-state index in [1.54, 1.807) is 19.2 Å². The fraction of sp³-hybridized carbons (Fsp3) is 0.182. The molecular weight excluding hydrogens is 404 g/mol. The van der Waals surface area contributed by atoms with Gasteiger partial charge in [0.25, 0.3) is 0 Å². The molecule has 0 unspecified atom stereocenters. The lowest BCUT2D eigenvalue weighted by Gasteiger charge is -2.24. The largest absolute Gasteiger partial charge is 0.496 e. The average Bonchev–Trinajstić information content (AvgIpc) is 3.12. The first-order valence-electron chi connectivity index (χ1n) is 9.20. The summed E-state index contributed by atoms with van der Waals surface area (Å²) in [6, 6.07) is 15.1. The number of rotatable bonds is 5. The van der Waals surface area contributed by atoms with E-state index in [1.807, 2.05) is 37.3 Å². The highest BCUT2D eigenvalue weighted by Crippen LogP contribution is 2.43. The minimum Gasteiger partial charge on any atom is -0.496 e. The van der Waals surface area contributed by atoms with Crippen molar-refractivity contribution in [2.75, 3.05) is 7.11 Å². The van der Waals surface area contributed by atoms with Crippen molar-refractivity contribution in [1.29, 1.82) is 5.26 Å². The number of aryl methyl sites for hydroxylation is 1. The molecule has 0 aliphatic carbocycles. The molecule has 2 heterocycles. The minimum absolute atomic E-state index is 0.0474. The number of H-pyrrole nitrogens is 1. The summed E-state index contributed by atoms with van der Waals surface area (Å²) < 4.78 is 16.9. The second-order valence-corrected chi connectivity index (χ2v) is 7.19. The molecule has 30 heavy (non-hydrogen) atoms. The van der Waals surface area contributed by atoms with Crippen LogP contribution in [0.5, 0.6) is 17.4 Å². The molecule has 7 nitrogen and oxygen atoms in total. The fourth-order valence-electron chi connectivity index (χ4n) is 3.54. The lowest BCUT2D eigenvalue weighted by atomic mass is 9.83. The highest BCUT2D eigenvalue weighted by atomic mass is 35.5. The first kappa shape index (κ1) is 19.7. The van der Waals surface area contributed by atoms with Crippen molar-refractivity contribution in [1.82, 2.24) is 10.2 Å². The number of aromatic amines is 1. The Balaban J connectivity index is 1.75. The van der Waals surface area contributed by atoms with Gasteiger partial charge < -0.3 is 19.9 Å². The van der Waals surface area contributed by atoms with Crippen LogP contribution in [0.3, 0.4) is 0 Å². The molecule has 1 aromatic heterocycles. The second kappa shape index (κ2) is 8.01. The molecule has 0 bridgehead atoms. The van der Waals surface area contributed by atoms with Gasteiger partial charge in [-0.1, -0.05) is 29.8 Å². The van der Waals surface area contributed by atoms with Gasteiger partial charge in [-0.25, -0.2) is 0 Å². The Bertz CT molecular complexity index is 1180. The minimum atomic E-state index is -0.414. The van der Waals surface area contributed by atoms with Crippen molar-refractivity contribution >= 4 is 11.6 Å². The molecule has 2 aromatic carbocycles. The van der Waals surface area contributed by atoms with E-state index in [2.05, 4.69) is 16.3 Å². The summed E-state index contributed by atoms with van der Waals surface area (Å²) in [7, 11) is 1.60. The number of benzene rings is 2. The predicted molar refractivity (Wildman–Crippen MR) is 111 cm³/mol. The summed E-state index contributed by atoms with van der Waals surface area (Å²) in [5.74, 6) is 1.25. The number of halogens is 1. The van der Waals surface area contributed by atoms with E-state index in [9.17, 15) is 5.26 Å². The second-order valence-electron chi connectivity index (χ2n) is 6.78. The van der Waals surface area contributed by atoms with Crippen LogP contribution in [0, 0.1) is 18.3 Å². The highest BCUT2D eigenvalue weighted by Gasteiger charge is 2.34. The quantitative estimate of drug-likeness (QED) is 0.638. The summed E-state index contributed by atoms with van der Waals surface area (Å²) in [5, 5.41) is 17.3. The van der Waals surface area contributed by atoms with Crippen LogP contribution in [0.4, 0.5) is 0 Å². The fourth-order valence-corrected chi connectivity index (χ4v) is 3.73. The van der Waals surface area contributed by atoms with E-state index in [1.165, 1.54) is 0 Å². The molecule has 0 fully saturated rings. The molecule has 3 aromatic rings. The third-order valence-corrected chi connectivity index (χ3v) is 5.30. The van der Waals surface area contributed by atoms with Crippen molar-refractivity contribution < 1.29 is 14.2 Å². The monoisotopic (exact) mass is 422 g/mol. The van der Waals surface area contributed by atoms with Gasteiger partial charge in [0.2, 0.25) is 11.8 Å². The number of allylic oxidation sites excluding steroid dienone is 1. The van der Waals surface area contributed by atoms with E-state index in [0.717, 1.165) is 22.4 Å². The van der Waals surface area contributed by atoms with Crippen molar-refractivity contribution in [3.05, 3.63) is 81.3 Å². The lowest BCUT2D eigenvalue weighted by molar-refractivity contribution is 0.296. The maximum absolute atomic E-state index is 9.74. The van der Waals surface area contributed by atoms with E-state index in [0.29, 0.717) is 28.0 Å². The lowest BCUT2D eigenvalue weighted by Crippen LogP contribution is -2.21. The van der Waals surface area contributed by atoms with Crippen LogP contribution in [0.25, 0.3) is 0 Å². The molecule has 0 amide bonds. The van der Waals surface area contributed by atoms with E-state index in [-0.39, 0.29) is 12.5 Å². The number of ether oxygens (including phenoxy) is 3. The van der Waals surface area contributed by atoms with E-state index >= 15 is 0 Å². The van der Waals surface area contributed by atoms with Crippen LogP contribution in [0.15, 0.2) is 53.9 Å². The summed E-state index contributed by atoms with van der Waals surface area (Å²) in [6.45, 7) is 2.12. The van der Waals surface area contributed by atoms with Crippen LogP contribution in [0.2, 0.25) is 5.02 Å². The third-order valence-electron chi connectivity index (χ3n) is 4.99. The van der Waals surface area contributed by atoms with Gasteiger partial charge in [0.05, 0.1) is 18.1 Å². The van der Waals surface area contributed by atoms with Gasteiger partial charge in [-0.2, -0.15) is 5.26 Å². The van der Waals surface area contributed by atoms with E-state index < -0.39 is 5.92 Å². The first-order chi connectivity index (χ1) is 14.5. The van der Waals surface area contributed by atoms with Crippen molar-refractivity contribution in [3.8, 4) is 23.4 Å². The molecule has 4 rings (SSSR count). The zero-order chi connectivity index (χ0) is 21.3. The van der Waals surface area contributed by atoms with Crippen LogP contribution in [-0.2, 0) is 6.61 Å². The SMILES string of the molecule is COc1ccc([C@@H]2C(C#N)=C(N)Oc3n[nH]c(C)c32)cc1COc1ccccc1Cl. The van der Waals surface area contributed by atoms with Gasteiger partial charge in [-0.3, -0.25) is 5.10 Å². The van der Waals surface area contributed by atoms with Crippen LogP contribution in [-0.4, -0.2) is 17.3 Å². The number of nitrogens with one attached hydrogen (secondary N) is 1. The van der Waals surface area contributed by atoms with Crippen molar-refractivity contribution in [2.24, 2.45) is 5.73 Å².